The maximum atomic E-state index is 13.3. The van der Waals surface area contributed by atoms with E-state index >= 15 is 0 Å². The molecule has 0 aromatic heterocycles. The van der Waals surface area contributed by atoms with Crippen LogP contribution in [0.25, 0.3) is 11.1 Å². The molecule has 214 valence electrons. The molecule has 7 heteroatoms. The van der Waals surface area contributed by atoms with Gasteiger partial charge in [-0.05, 0) is 80.6 Å². The van der Waals surface area contributed by atoms with E-state index in [0.717, 1.165) is 68.4 Å². The summed E-state index contributed by atoms with van der Waals surface area (Å²) in [7, 11) is 0. The van der Waals surface area contributed by atoms with Gasteiger partial charge in [-0.2, -0.15) is 13.2 Å². The molecular formula is C33H39F3N2O2. The highest BCUT2D eigenvalue weighted by atomic mass is 19.4. The van der Waals surface area contributed by atoms with Crippen molar-refractivity contribution in [3.8, 4) is 11.1 Å². The van der Waals surface area contributed by atoms with Crippen molar-refractivity contribution in [1.82, 2.24) is 4.90 Å². The average molecular weight is 553 g/mol. The van der Waals surface area contributed by atoms with Crippen molar-refractivity contribution in [3.63, 3.8) is 0 Å². The monoisotopic (exact) mass is 552 g/mol. The van der Waals surface area contributed by atoms with E-state index in [9.17, 15) is 18.0 Å². The van der Waals surface area contributed by atoms with E-state index in [1.165, 1.54) is 12.1 Å². The number of anilines is 1. The highest BCUT2D eigenvalue weighted by Crippen LogP contribution is 2.36. The molecular weight excluding hydrogens is 513 g/mol. The molecule has 0 aliphatic carbocycles. The van der Waals surface area contributed by atoms with Gasteiger partial charge < -0.3 is 9.64 Å². The predicted molar refractivity (Wildman–Crippen MR) is 154 cm³/mol. The Kier molecular flexibility index (Phi) is 9.56. The summed E-state index contributed by atoms with van der Waals surface area (Å²) in [4.78, 5) is 18.0. The Morgan fingerprint density at radius 2 is 1.48 bits per heavy atom. The predicted octanol–water partition coefficient (Wildman–Crippen LogP) is 7.57. The molecule has 0 spiro atoms. The fourth-order valence-corrected chi connectivity index (χ4v) is 5.56. The molecule has 0 radical (unpaired) electrons. The number of esters is 1. The number of carbonyl (C=O) groups is 1. The first-order valence-electron chi connectivity index (χ1n) is 14.1. The van der Waals surface area contributed by atoms with E-state index in [4.69, 9.17) is 4.74 Å². The Balaban J connectivity index is 1.37. The number of carbonyl (C=O) groups excluding carboxylic acids is 1. The van der Waals surface area contributed by atoms with Gasteiger partial charge >= 0.3 is 12.1 Å². The van der Waals surface area contributed by atoms with Gasteiger partial charge in [0.15, 0.2) is 0 Å². The highest BCUT2D eigenvalue weighted by molar-refractivity contribution is 5.83. The molecule has 0 saturated carbocycles. The van der Waals surface area contributed by atoms with Crippen LogP contribution in [0.3, 0.4) is 0 Å². The highest BCUT2D eigenvalue weighted by Gasteiger charge is 2.40. The van der Waals surface area contributed by atoms with E-state index in [1.807, 2.05) is 68.4 Å². The van der Waals surface area contributed by atoms with E-state index in [1.54, 1.807) is 6.07 Å². The quantitative estimate of drug-likeness (QED) is 0.243. The van der Waals surface area contributed by atoms with Crippen LogP contribution in [0.2, 0.25) is 0 Å². The second-order valence-corrected chi connectivity index (χ2v) is 10.8. The normalized spacial score (nSPS) is 16.1. The molecule has 1 heterocycles. The lowest BCUT2D eigenvalue weighted by Gasteiger charge is -2.37. The Morgan fingerprint density at radius 3 is 2.10 bits per heavy atom. The molecule has 0 bridgehead atoms. The van der Waals surface area contributed by atoms with Gasteiger partial charge in [0.05, 0.1) is 17.1 Å². The van der Waals surface area contributed by atoms with Crippen LogP contribution in [0.5, 0.6) is 0 Å². The molecule has 40 heavy (non-hydrogen) atoms. The minimum atomic E-state index is -4.36. The first kappa shape index (κ1) is 29.7. The lowest BCUT2D eigenvalue weighted by Crippen LogP contribution is -2.47. The zero-order chi connectivity index (χ0) is 28.8. The lowest BCUT2D eigenvalue weighted by atomic mass is 9.74. The Morgan fingerprint density at radius 1 is 0.850 bits per heavy atom. The summed E-state index contributed by atoms with van der Waals surface area (Å²) >= 11 is 0. The van der Waals surface area contributed by atoms with Gasteiger partial charge in [-0.3, -0.25) is 9.69 Å². The van der Waals surface area contributed by atoms with Crippen LogP contribution in [0.4, 0.5) is 18.9 Å². The summed E-state index contributed by atoms with van der Waals surface area (Å²) in [6, 6.07) is 23.2. The number of benzene rings is 3. The first-order chi connectivity index (χ1) is 19.1. The van der Waals surface area contributed by atoms with Crippen LogP contribution in [0.1, 0.15) is 51.2 Å². The molecule has 4 rings (SSSR count). The van der Waals surface area contributed by atoms with Crippen LogP contribution < -0.4 is 4.90 Å². The van der Waals surface area contributed by atoms with Crippen LogP contribution in [-0.4, -0.2) is 49.7 Å². The maximum Gasteiger partial charge on any atom is 0.416 e. The number of hydrogen-bond donors (Lipinski definition) is 0. The van der Waals surface area contributed by atoms with E-state index in [-0.39, 0.29) is 12.1 Å². The summed E-state index contributed by atoms with van der Waals surface area (Å²) < 4.78 is 45.3. The molecule has 1 aliphatic heterocycles. The number of alkyl halides is 3. The standard InChI is InChI=1S/C33H39F3N2O2/c1-4-32(31(39)40-25(2)3,28-13-6-5-7-14-28)17-10-18-37-19-21-38(22-20-37)30-16-9-12-27(24-30)26-11-8-15-29(23-26)33(34,35)36/h5-9,11-16,23-25H,4,10,17-22H2,1-3H3. The van der Waals surface area contributed by atoms with Gasteiger partial charge in [-0.25, -0.2) is 0 Å². The number of nitrogens with zero attached hydrogens (tertiary/aromatic N) is 2. The van der Waals surface area contributed by atoms with Crippen molar-refractivity contribution in [2.45, 2.75) is 57.7 Å². The second-order valence-electron chi connectivity index (χ2n) is 10.8. The number of piperazine rings is 1. The SMILES string of the molecule is CCC(CCCN1CCN(c2cccc(-c3cccc(C(F)(F)F)c3)c2)CC1)(C(=O)OC(C)C)c1ccccc1. The van der Waals surface area contributed by atoms with Crippen molar-refractivity contribution in [3.05, 3.63) is 90.0 Å². The van der Waals surface area contributed by atoms with Gasteiger partial charge in [0.1, 0.15) is 0 Å². The van der Waals surface area contributed by atoms with Crippen molar-refractivity contribution >= 4 is 11.7 Å². The van der Waals surface area contributed by atoms with Crippen LogP contribution in [0.15, 0.2) is 78.9 Å². The third-order valence-electron chi connectivity index (χ3n) is 7.85. The van der Waals surface area contributed by atoms with E-state index < -0.39 is 17.2 Å². The summed E-state index contributed by atoms with van der Waals surface area (Å²) in [6.07, 6.45) is -2.25. The fourth-order valence-electron chi connectivity index (χ4n) is 5.56. The number of halogens is 3. The molecule has 1 unspecified atom stereocenters. The lowest BCUT2D eigenvalue weighted by molar-refractivity contribution is -0.155. The molecule has 4 nitrogen and oxygen atoms in total. The van der Waals surface area contributed by atoms with Crippen molar-refractivity contribution in [1.29, 1.82) is 0 Å². The van der Waals surface area contributed by atoms with Crippen LogP contribution in [0, 0.1) is 0 Å². The topological polar surface area (TPSA) is 32.8 Å². The molecule has 1 saturated heterocycles. The third-order valence-corrected chi connectivity index (χ3v) is 7.85. The molecule has 1 atom stereocenters. The van der Waals surface area contributed by atoms with Gasteiger partial charge in [0.25, 0.3) is 0 Å². The van der Waals surface area contributed by atoms with E-state index in [2.05, 4.69) is 16.7 Å². The van der Waals surface area contributed by atoms with Gasteiger partial charge in [0, 0.05) is 31.9 Å². The first-order valence-corrected chi connectivity index (χ1v) is 14.1. The van der Waals surface area contributed by atoms with Gasteiger partial charge in [0.2, 0.25) is 0 Å². The second kappa shape index (κ2) is 12.9. The van der Waals surface area contributed by atoms with Crippen molar-refractivity contribution in [2.75, 3.05) is 37.6 Å². The van der Waals surface area contributed by atoms with Crippen LogP contribution >= 0.6 is 0 Å². The Bertz CT molecular complexity index is 1250. The Labute approximate surface area is 235 Å². The number of rotatable bonds is 10. The molecule has 3 aromatic carbocycles. The maximum absolute atomic E-state index is 13.3. The van der Waals surface area contributed by atoms with Gasteiger partial charge in [-0.1, -0.05) is 61.5 Å². The third kappa shape index (κ3) is 7.05. The number of hydrogen-bond acceptors (Lipinski definition) is 4. The van der Waals surface area contributed by atoms with Crippen molar-refractivity contribution in [2.24, 2.45) is 0 Å². The largest absolute Gasteiger partial charge is 0.462 e. The zero-order valence-corrected chi connectivity index (χ0v) is 23.6. The van der Waals surface area contributed by atoms with Crippen LogP contribution in [-0.2, 0) is 21.1 Å². The molecule has 1 fully saturated rings. The summed E-state index contributed by atoms with van der Waals surface area (Å²) in [5, 5.41) is 0. The molecule has 0 amide bonds. The Hall–Kier alpha value is -3.32. The summed E-state index contributed by atoms with van der Waals surface area (Å²) in [5.74, 6) is -0.151. The minimum absolute atomic E-state index is 0.151. The van der Waals surface area contributed by atoms with Crippen molar-refractivity contribution < 1.29 is 22.7 Å². The minimum Gasteiger partial charge on any atom is -0.462 e. The molecule has 0 N–H and O–H groups in total. The summed E-state index contributed by atoms with van der Waals surface area (Å²) in [5.41, 5.74) is 2.06. The molecule has 3 aromatic rings. The average Bonchev–Trinajstić information content (AvgIpc) is 2.95. The fraction of sp³-hybridized carbons (Fsp3) is 0.424. The summed E-state index contributed by atoms with van der Waals surface area (Å²) in [6.45, 7) is 10.2. The van der Waals surface area contributed by atoms with Gasteiger partial charge in [-0.15, -0.1) is 0 Å². The smallest absolute Gasteiger partial charge is 0.416 e. The zero-order valence-electron chi connectivity index (χ0n) is 23.6. The number of ether oxygens (including phenoxy) is 1. The van der Waals surface area contributed by atoms with E-state index in [0.29, 0.717) is 12.0 Å². The molecule has 1 aliphatic rings.